The molecule has 0 aromatic rings. The van der Waals surface area contributed by atoms with Crippen LogP contribution in [0.1, 0.15) is 53.9 Å². The summed E-state index contributed by atoms with van der Waals surface area (Å²) in [4.78, 5) is 11.1. The molecule has 0 aliphatic heterocycles. The molecular formula is C14H23ClO2. The molecule has 0 saturated heterocycles. The van der Waals surface area contributed by atoms with Crippen molar-refractivity contribution in [1.82, 2.24) is 0 Å². The van der Waals surface area contributed by atoms with E-state index in [2.05, 4.69) is 20.8 Å². The first-order valence-electron chi connectivity index (χ1n) is 6.47. The summed E-state index contributed by atoms with van der Waals surface area (Å²) in [5, 5.41) is 0. The molecule has 2 aliphatic rings. The van der Waals surface area contributed by atoms with Crippen LogP contribution in [0.5, 0.6) is 0 Å². The molecule has 3 unspecified atom stereocenters. The van der Waals surface area contributed by atoms with Gasteiger partial charge in [-0.2, -0.15) is 0 Å². The fourth-order valence-corrected chi connectivity index (χ4v) is 3.84. The fraction of sp³-hybridized carbons (Fsp3) is 0.929. The summed E-state index contributed by atoms with van der Waals surface area (Å²) in [6, 6.07) is 0. The summed E-state index contributed by atoms with van der Waals surface area (Å²) in [6.07, 6.45) is 3.63. The molecule has 2 bridgehead atoms. The molecule has 2 rings (SSSR count). The monoisotopic (exact) mass is 258 g/mol. The van der Waals surface area contributed by atoms with Gasteiger partial charge in [0.25, 0.3) is 0 Å². The first-order valence-corrected chi connectivity index (χ1v) is 6.85. The van der Waals surface area contributed by atoms with Crippen molar-refractivity contribution in [3.05, 3.63) is 0 Å². The van der Waals surface area contributed by atoms with Gasteiger partial charge in [0, 0.05) is 10.8 Å². The van der Waals surface area contributed by atoms with Gasteiger partial charge in [-0.1, -0.05) is 20.8 Å². The van der Waals surface area contributed by atoms with Gasteiger partial charge in [0.1, 0.15) is 11.0 Å². The van der Waals surface area contributed by atoms with Gasteiger partial charge in [-0.05, 0) is 39.0 Å². The Morgan fingerprint density at radius 2 is 1.94 bits per heavy atom. The number of carbonyl (C=O) groups excluding carboxylic acids is 1. The molecule has 2 nitrogen and oxygen atoms in total. The number of rotatable bonds is 2. The van der Waals surface area contributed by atoms with Crippen LogP contribution < -0.4 is 0 Å². The highest BCUT2D eigenvalue weighted by Gasteiger charge is 2.61. The second-order valence-electron chi connectivity index (χ2n) is 7.17. The van der Waals surface area contributed by atoms with Crippen LogP contribution >= 0.6 is 11.6 Å². The number of ether oxygens (including phenoxy) is 1. The van der Waals surface area contributed by atoms with Gasteiger partial charge in [-0.25, -0.2) is 0 Å². The van der Waals surface area contributed by atoms with Crippen molar-refractivity contribution in [1.29, 1.82) is 0 Å². The molecule has 0 N–H and O–H groups in total. The third-order valence-corrected chi connectivity index (χ3v) is 5.00. The summed E-state index contributed by atoms with van der Waals surface area (Å²) in [6.45, 7) is 10.1. The van der Waals surface area contributed by atoms with Crippen LogP contribution in [0.4, 0.5) is 0 Å². The van der Waals surface area contributed by atoms with E-state index in [0.717, 1.165) is 0 Å². The zero-order valence-corrected chi connectivity index (χ0v) is 12.2. The third kappa shape index (κ3) is 1.99. The lowest BCUT2D eigenvalue weighted by molar-refractivity contribution is -0.166. The van der Waals surface area contributed by atoms with E-state index in [1.807, 2.05) is 0 Å². The van der Waals surface area contributed by atoms with Crippen LogP contribution in [-0.4, -0.2) is 16.9 Å². The molecule has 0 radical (unpaired) electrons. The number of fused-ring (bicyclic) bond motifs is 2. The fourth-order valence-electron chi connectivity index (χ4n) is 3.80. The zero-order chi connectivity index (χ0) is 13.1. The predicted octanol–water partition coefficient (Wildman–Crippen LogP) is 3.76. The van der Waals surface area contributed by atoms with Crippen LogP contribution in [0.2, 0.25) is 0 Å². The van der Waals surface area contributed by atoms with Gasteiger partial charge in [0.15, 0.2) is 0 Å². The highest BCUT2D eigenvalue weighted by atomic mass is 35.5. The van der Waals surface area contributed by atoms with Crippen molar-refractivity contribution < 1.29 is 9.53 Å². The van der Waals surface area contributed by atoms with Gasteiger partial charge in [0.05, 0.1) is 0 Å². The van der Waals surface area contributed by atoms with Gasteiger partial charge >= 0.3 is 5.97 Å². The first-order chi connectivity index (χ1) is 7.57. The van der Waals surface area contributed by atoms with E-state index in [1.165, 1.54) is 19.3 Å². The smallest absolute Gasteiger partial charge is 0.326 e. The lowest BCUT2D eigenvalue weighted by Crippen LogP contribution is -2.46. The first kappa shape index (κ1) is 13.2. The highest BCUT2D eigenvalue weighted by Crippen LogP contribution is 2.63. The molecule has 0 spiro atoms. The third-order valence-electron chi connectivity index (χ3n) is 4.85. The Labute approximate surface area is 109 Å². The molecule has 0 amide bonds. The van der Waals surface area contributed by atoms with Crippen LogP contribution in [0, 0.1) is 16.7 Å². The SMILES string of the molecule is CC(C)(Cl)C(=O)OC1C2(C)CCC(C2)C1(C)C. The number of esters is 1. The van der Waals surface area contributed by atoms with Gasteiger partial charge in [-0.3, -0.25) is 4.79 Å². The Hall–Kier alpha value is -0.240. The summed E-state index contributed by atoms with van der Waals surface area (Å²) in [7, 11) is 0. The van der Waals surface area contributed by atoms with Gasteiger partial charge in [-0.15, -0.1) is 11.6 Å². The lowest BCUT2D eigenvalue weighted by Gasteiger charge is -2.42. The van der Waals surface area contributed by atoms with Crippen molar-refractivity contribution >= 4 is 17.6 Å². The largest absolute Gasteiger partial charge is 0.460 e. The van der Waals surface area contributed by atoms with Crippen molar-refractivity contribution in [3.8, 4) is 0 Å². The normalized spacial score (nSPS) is 39.4. The van der Waals surface area contributed by atoms with Crippen molar-refractivity contribution in [2.75, 3.05) is 0 Å². The molecule has 0 heterocycles. The number of hydrogen-bond acceptors (Lipinski definition) is 2. The van der Waals surface area contributed by atoms with Gasteiger partial charge < -0.3 is 4.74 Å². The standard InChI is InChI=1S/C14H23ClO2/c1-12(2)9-6-7-14(5,8-9)10(12)17-11(16)13(3,4)15/h9-10H,6-8H2,1-5H3. The molecule has 2 fully saturated rings. The van der Waals surface area contributed by atoms with Gasteiger partial charge in [0.2, 0.25) is 0 Å². The molecule has 98 valence electrons. The van der Waals surface area contributed by atoms with Crippen LogP contribution in [0.15, 0.2) is 0 Å². The Kier molecular flexibility index (Phi) is 2.82. The summed E-state index contributed by atoms with van der Waals surface area (Å²) >= 11 is 6.03. The number of hydrogen-bond donors (Lipinski definition) is 0. The van der Waals surface area contributed by atoms with Crippen molar-refractivity contribution in [2.24, 2.45) is 16.7 Å². The molecule has 3 atom stereocenters. The van der Waals surface area contributed by atoms with E-state index >= 15 is 0 Å². The minimum absolute atomic E-state index is 0.0132. The minimum Gasteiger partial charge on any atom is -0.460 e. The van der Waals surface area contributed by atoms with Crippen LogP contribution in [-0.2, 0) is 9.53 Å². The highest BCUT2D eigenvalue weighted by molar-refractivity contribution is 6.33. The Morgan fingerprint density at radius 1 is 1.35 bits per heavy atom. The molecule has 0 aromatic carbocycles. The topological polar surface area (TPSA) is 26.3 Å². The zero-order valence-electron chi connectivity index (χ0n) is 11.5. The van der Waals surface area contributed by atoms with E-state index in [-0.39, 0.29) is 22.9 Å². The molecular weight excluding hydrogens is 236 g/mol. The van der Waals surface area contributed by atoms with E-state index in [9.17, 15) is 4.79 Å². The number of halogens is 1. The molecule has 2 saturated carbocycles. The van der Waals surface area contributed by atoms with Crippen molar-refractivity contribution in [3.63, 3.8) is 0 Å². The molecule has 17 heavy (non-hydrogen) atoms. The van der Waals surface area contributed by atoms with E-state index < -0.39 is 4.87 Å². The lowest BCUT2D eigenvalue weighted by atomic mass is 9.70. The second-order valence-corrected chi connectivity index (χ2v) is 8.12. The summed E-state index contributed by atoms with van der Waals surface area (Å²) in [5.74, 6) is 0.398. The Morgan fingerprint density at radius 3 is 2.35 bits per heavy atom. The minimum atomic E-state index is -0.922. The Balaban J connectivity index is 2.19. The molecule has 2 aliphatic carbocycles. The maximum absolute atomic E-state index is 12.0. The predicted molar refractivity (Wildman–Crippen MR) is 69.0 cm³/mol. The van der Waals surface area contributed by atoms with E-state index in [0.29, 0.717) is 5.92 Å². The maximum atomic E-state index is 12.0. The van der Waals surface area contributed by atoms with E-state index in [1.54, 1.807) is 13.8 Å². The Bertz CT molecular complexity index is 338. The second kappa shape index (κ2) is 3.63. The molecule has 3 heteroatoms. The summed E-state index contributed by atoms with van der Waals surface area (Å²) < 4.78 is 5.76. The van der Waals surface area contributed by atoms with E-state index in [4.69, 9.17) is 16.3 Å². The van der Waals surface area contributed by atoms with Crippen LogP contribution in [0.25, 0.3) is 0 Å². The van der Waals surface area contributed by atoms with Crippen molar-refractivity contribution in [2.45, 2.75) is 64.9 Å². The number of carbonyl (C=O) groups is 1. The average Bonchev–Trinajstić information content (AvgIpc) is 2.62. The average molecular weight is 259 g/mol. The maximum Gasteiger partial charge on any atom is 0.326 e. The van der Waals surface area contributed by atoms with Crippen LogP contribution in [0.3, 0.4) is 0 Å². The number of alkyl halides is 1. The quantitative estimate of drug-likeness (QED) is 0.557. The molecule has 0 aromatic heterocycles. The summed E-state index contributed by atoms with van der Waals surface area (Å²) in [5.41, 5.74) is 0.247.